The zero-order valence-corrected chi connectivity index (χ0v) is 7.33. The molecule has 2 heteroatoms. The van der Waals surface area contributed by atoms with Crippen molar-refractivity contribution < 1.29 is 4.39 Å². The molecule has 0 heterocycles. The first-order chi connectivity index (χ1) is 6.25. The minimum absolute atomic E-state index is 0.151. The van der Waals surface area contributed by atoms with Crippen LogP contribution < -0.4 is 5.73 Å². The summed E-state index contributed by atoms with van der Waals surface area (Å²) in [5, 5.41) is 0. The molecule has 68 valence electrons. The highest BCUT2D eigenvalue weighted by molar-refractivity contribution is 5.68. The van der Waals surface area contributed by atoms with Gasteiger partial charge in [0, 0.05) is 6.04 Å². The highest BCUT2D eigenvalue weighted by Crippen LogP contribution is 2.27. The van der Waals surface area contributed by atoms with Gasteiger partial charge < -0.3 is 5.73 Å². The molecular weight excluding hydrogens is 165 g/mol. The third-order valence-electron chi connectivity index (χ3n) is 2.36. The van der Waals surface area contributed by atoms with E-state index in [1.54, 1.807) is 12.1 Å². The molecule has 0 radical (unpaired) electrons. The quantitative estimate of drug-likeness (QED) is 0.700. The molecule has 0 fully saturated rings. The van der Waals surface area contributed by atoms with Crippen LogP contribution in [0.25, 0.3) is 5.57 Å². The zero-order valence-electron chi connectivity index (χ0n) is 7.33. The largest absolute Gasteiger partial charge is 0.324 e. The molecule has 0 amide bonds. The minimum Gasteiger partial charge on any atom is -0.324 e. The van der Waals surface area contributed by atoms with Crippen molar-refractivity contribution in [2.24, 2.45) is 5.73 Å². The van der Waals surface area contributed by atoms with Crippen LogP contribution in [0.5, 0.6) is 0 Å². The van der Waals surface area contributed by atoms with Crippen molar-refractivity contribution in [2.75, 3.05) is 0 Å². The summed E-state index contributed by atoms with van der Waals surface area (Å²) >= 11 is 0. The first-order valence-electron chi connectivity index (χ1n) is 4.48. The number of hydrogen-bond donors (Lipinski definition) is 1. The maximum atomic E-state index is 12.9. The number of rotatable bonds is 1. The van der Waals surface area contributed by atoms with E-state index >= 15 is 0 Å². The Balaban J connectivity index is 2.31. The van der Waals surface area contributed by atoms with Crippen LogP contribution in [0.3, 0.4) is 0 Å². The van der Waals surface area contributed by atoms with Crippen LogP contribution in [0.15, 0.2) is 30.3 Å². The third kappa shape index (κ3) is 1.78. The van der Waals surface area contributed by atoms with E-state index < -0.39 is 0 Å². The van der Waals surface area contributed by atoms with Gasteiger partial charge in [-0.15, -0.1) is 0 Å². The molecule has 0 spiro atoms. The van der Waals surface area contributed by atoms with E-state index in [1.165, 1.54) is 11.6 Å². The molecule has 0 aromatic heterocycles. The first kappa shape index (κ1) is 8.45. The number of halogens is 1. The highest BCUT2D eigenvalue weighted by Gasteiger charge is 2.13. The molecule has 1 aromatic rings. The van der Waals surface area contributed by atoms with E-state index in [9.17, 15) is 4.39 Å². The predicted octanol–water partition coefficient (Wildman–Crippen LogP) is 2.33. The van der Waals surface area contributed by atoms with Crippen molar-refractivity contribution >= 4 is 5.57 Å². The lowest BCUT2D eigenvalue weighted by atomic mass is 10.1. The standard InChI is InChI=1S/C11H12FN/c12-10-3-1-2-8(6-10)9-4-5-11(13)7-9/h1-3,6-7,11H,4-5,13H2. The number of allylic oxidation sites excluding steroid dienone is 1. The maximum absolute atomic E-state index is 12.9. The molecule has 0 bridgehead atoms. The SMILES string of the molecule is NC1C=C(c2cccc(F)c2)CC1. The van der Waals surface area contributed by atoms with Gasteiger partial charge in [-0.25, -0.2) is 4.39 Å². The number of hydrogen-bond acceptors (Lipinski definition) is 1. The summed E-state index contributed by atoms with van der Waals surface area (Å²) in [6.07, 6.45) is 3.96. The van der Waals surface area contributed by atoms with Gasteiger partial charge in [0.1, 0.15) is 5.82 Å². The van der Waals surface area contributed by atoms with Crippen LogP contribution in [0.2, 0.25) is 0 Å². The molecule has 0 aliphatic heterocycles. The van der Waals surface area contributed by atoms with Crippen molar-refractivity contribution in [3.8, 4) is 0 Å². The lowest BCUT2D eigenvalue weighted by Crippen LogP contribution is -2.11. The van der Waals surface area contributed by atoms with Gasteiger partial charge in [-0.1, -0.05) is 18.2 Å². The Kier molecular flexibility index (Phi) is 2.15. The smallest absolute Gasteiger partial charge is 0.123 e. The summed E-state index contributed by atoms with van der Waals surface area (Å²) in [5.74, 6) is -0.182. The molecule has 1 aliphatic carbocycles. The van der Waals surface area contributed by atoms with E-state index in [1.807, 2.05) is 12.1 Å². The lowest BCUT2D eigenvalue weighted by Gasteiger charge is -2.00. The summed E-state index contributed by atoms with van der Waals surface area (Å²) in [6.45, 7) is 0. The summed E-state index contributed by atoms with van der Waals surface area (Å²) in [5.41, 5.74) is 7.87. The van der Waals surface area contributed by atoms with Gasteiger partial charge in [-0.05, 0) is 36.1 Å². The minimum atomic E-state index is -0.182. The molecule has 1 atom stereocenters. The van der Waals surface area contributed by atoms with E-state index in [2.05, 4.69) is 0 Å². The van der Waals surface area contributed by atoms with Crippen LogP contribution in [0, 0.1) is 5.82 Å². The van der Waals surface area contributed by atoms with Crippen LogP contribution >= 0.6 is 0 Å². The van der Waals surface area contributed by atoms with Gasteiger partial charge in [-0.2, -0.15) is 0 Å². The van der Waals surface area contributed by atoms with Crippen molar-refractivity contribution in [3.05, 3.63) is 41.7 Å². The fourth-order valence-corrected chi connectivity index (χ4v) is 1.68. The predicted molar refractivity (Wildman–Crippen MR) is 51.6 cm³/mol. The van der Waals surface area contributed by atoms with Crippen LogP contribution in [0.4, 0.5) is 4.39 Å². The van der Waals surface area contributed by atoms with Crippen LogP contribution in [-0.4, -0.2) is 6.04 Å². The summed E-state index contributed by atoms with van der Waals surface area (Å²) in [7, 11) is 0. The maximum Gasteiger partial charge on any atom is 0.123 e. The highest BCUT2D eigenvalue weighted by atomic mass is 19.1. The monoisotopic (exact) mass is 177 g/mol. The van der Waals surface area contributed by atoms with Crippen LogP contribution in [0.1, 0.15) is 18.4 Å². The van der Waals surface area contributed by atoms with Gasteiger partial charge in [0.2, 0.25) is 0 Å². The normalized spacial score (nSPS) is 21.7. The molecule has 0 saturated heterocycles. The molecule has 2 N–H and O–H groups in total. The Hall–Kier alpha value is -1.15. The molecule has 1 aliphatic rings. The average Bonchev–Trinajstić information content (AvgIpc) is 2.52. The van der Waals surface area contributed by atoms with Crippen molar-refractivity contribution in [2.45, 2.75) is 18.9 Å². The molecule has 1 nitrogen and oxygen atoms in total. The second kappa shape index (κ2) is 3.30. The number of nitrogens with two attached hydrogens (primary N) is 1. The Morgan fingerprint density at radius 3 is 2.85 bits per heavy atom. The molecular formula is C11H12FN. The fraction of sp³-hybridized carbons (Fsp3) is 0.273. The van der Waals surface area contributed by atoms with Crippen LogP contribution in [-0.2, 0) is 0 Å². The average molecular weight is 177 g/mol. The number of benzene rings is 1. The van der Waals surface area contributed by atoms with Gasteiger partial charge in [0.05, 0.1) is 0 Å². The summed E-state index contributed by atoms with van der Waals surface area (Å²) < 4.78 is 12.9. The summed E-state index contributed by atoms with van der Waals surface area (Å²) in [6, 6.07) is 6.82. The van der Waals surface area contributed by atoms with Gasteiger partial charge in [0.15, 0.2) is 0 Å². The van der Waals surface area contributed by atoms with Gasteiger partial charge in [-0.3, -0.25) is 0 Å². The van der Waals surface area contributed by atoms with E-state index in [0.29, 0.717) is 0 Å². The Morgan fingerprint density at radius 2 is 2.23 bits per heavy atom. The fourth-order valence-electron chi connectivity index (χ4n) is 1.68. The molecule has 1 unspecified atom stereocenters. The second-order valence-corrected chi connectivity index (χ2v) is 3.40. The molecule has 0 saturated carbocycles. The molecule has 13 heavy (non-hydrogen) atoms. The van der Waals surface area contributed by atoms with E-state index in [-0.39, 0.29) is 11.9 Å². The zero-order chi connectivity index (χ0) is 9.26. The first-order valence-corrected chi connectivity index (χ1v) is 4.48. The summed E-state index contributed by atoms with van der Waals surface area (Å²) in [4.78, 5) is 0. The second-order valence-electron chi connectivity index (χ2n) is 3.40. The van der Waals surface area contributed by atoms with Gasteiger partial charge in [0.25, 0.3) is 0 Å². The third-order valence-corrected chi connectivity index (χ3v) is 2.36. The molecule has 1 aromatic carbocycles. The van der Waals surface area contributed by atoms with Gasteiger partial charge >= 0.3 is 0 Å². The van der Waals surface area contributed by atoms with E-state index in [0.717, 1.165) is 18.4 Å². The van der Waals surface area contributed by atoms with E-state index in [4.69, 9.17) is 5.73 Å². The van der Waals surface area contributed by atoms with Crippen molar-refractivity contribution in [1.29, 1.82) is 0 Å². The van der Waals surface area contributed by atoms with Crippen molar-refractivity contribution in [1.82, 2.24) is 0 Å². The molecule has 2 rings (SSSR count). The Morgan fingerprint density at radius 1 is 1.38 bits per heavy atom. The lowest BCUT2D eigenvalue weighted by molar-refractivity contribution is 0.627. The van der Waals surface area contributed by atoms with Crippen molar-refractivity contribution in [3.63, 3.8) is 0 Å². The Bertz CT molecular complexity index is 344. The topological polar surface area (TPSA) is 26.0 Å². The Labute approximate surface area is 77.1 Å².